The molecule has 1 aromatic heterocycles. The van der Waals surface area contributed by atoms with Gasteiger partial charge in [0.1, 0.15) is 5.82 Å². The van der Waals surface area contributed by atoms with Gasteiger partial charge in [0.05, 0.1) is 33.4 Å². The smallest absolute Gasteiger partial charge is 0.416 e. The molecule has 4 aromatic carbocycles. The number of hydrogen-bond acceptors (Lipinski definition) is 6. The molecule has 1 amide bonds. The van der Waals surface area contributed by atoms with Crippen LogP contribution in [0, 0.1) is 9.39 Å². The summed E-state index contributed by atoms with van der Waals surface area (Å²) >= 11 is 1.97. The number of carbonyl (C=O) groups excluding carboxylic acids is 1. The lowest BCUT2D eigenvalue weighted by atomic mass is 10.1. The monoisotopic (exact) mass is 716 g/mol. The van der Waals surface area contributed by atoms with Gasteiger partial charge in [-0.25, -0.2) is 9.37 Å². The van der Waals surface area contributed by atoms with Crippen LogP contribution < -0.4 is 20.3 Å². The van der Waals surface area contributed by atoms with Gasteiger partial charge in [-0.3, -0.25) is 9.59 Å². The van der Waals surface area contributed by atoms with Gasteiger partial charge in [-0.05, 0) is 82.8 Å². The van der Waals surface area contributed by atoms with Gasteiger partial charge in [0.2, 0.25) is 0 Å². The number of nitrogens with one attached hydrogen (secondary N) is 1. The van der Waals surface area contributed by atoms with Gasteiger partial charge in [0, 0.05) is 11.3 Å². The third kappa shape index (κ3) is 6.88. The van der Waals surface area contributed by atoms with E-state index in [0.717, 1.165) is 16.8 Å². The van der Waals surface area contributed by atoms with Gasteiger partial charge < -0.3 is 14.8 Å². The molecular weight excluding hydrogens is 695 g/mol. The van der Waals surface area contributed by atoms with Gasteiger partial charge >= 0.3 is 6.18 Å². The summed E-state index contributed by atoms with van der Waals surface area (Å²) in [7, 11) is 1.40. The summed E-state index contributed by atoms with van der Waals surface area (Å²) in [5.41, 5.74) is -0.395. The molecule has 0 fully saturated rings. The summed E-state index contributed by atoms with van der Waals surface area (Å²) in [5.74, 6) is -0.597. The summed E-state index contributed by atoms with van der Waals surface area (Å²) in [6.07, 6.45) is -3.27. The van der Waals surface area contributed by atoms with Crippen LogP contribution in [-0.2, 0) is 11.0 Å². The minimum absolute atomic E-state index is 0.0484. The summed E-state index contributed by atoms with van der Waals surface area (Å²) in [5, 5.41) is 7.08. The van der Waals surface area contributed by atoms with Crippen molar-refractivity contribution in [2.45, 2.75) is 6.18 Å². The van der Waals surface area contributed by atoms with Gasteiger partial charge in [0.25, 0.3) is 11.5 Å². The fourth-order valence-electron chi connectivity index (χ4n) is 4.23. The predicted molar refractivity (Wildman–Crippen MR) is 166 cm³/mol. The van der Waals surface area contributed by atoms with Crippen LogP contribution in [0.3, 0.4) is 0 Å². The van der Waals surface area contributed by atoms with Crippen molar-refractivity contribution in [3.63, 3.8) is 0 Å². The normalized spacial score (nSPS) is 11.6. The molecule has 5 rings (SSSR count). The van der Waals surface area contributed by atoms with E-state index in [2.05, 4.69) is 15.4 Å². The molecule has 224 valence electrons. The molecule has 44 heavy (non-hydrogen) atoms. The number of benzene rings is 4. The summed E-state index contributed by atoms with van der Waals surface area (Å²) < 4.78 is 66.4. The molecular formula is C31H21F4IN4O4. The van der Waals surface area contributed by atoms with E-state index in [0.29, 0.717) is 14.7 Å². The van der Waals surface area contributed by atoms with E-state index in [1.807, 2.05) is 22.6 Å². The van der Waals surface area contributed by atoms with E-state index in [9.17, 15) is 27.2 Å². The number of methoxy groups -OCH3 is 1. The topological polar surface area (TPSA) is 94.8 Å². The Hall–Kier alpha value is -4.79. The van der Waals surface area contributed by atoms with Crippen molar-refractivity contribution in [2.75, 3.05) is 19.0 Å². The van der Waals surface area contributed by atoms with E-state index in [4.69, 9.17) is 9.47 Å². The van der Waals surface area contributed by atoms with Crippen LogP contribution in [0.4, 0.5) is 23.2 Å². The average molecular weight is 716 g/mol. The van der Waals surface area contributed by atoms with Crippen molar-refractivity contribution in [3.05, 3.63) is 116 Å². The Kier molecular flexibility index (Phi) is 8.94. The van der Waals surface area contributed by atoms with Crippen LogP contribution in [0.5, 0.6) is 11.5 Å². The van der Waals surface area contributed by atoms with Crippen molar-refractivity contribution in [2.24, 2.45) is 5.10 Å². The number of rotatable bonds is 8. The number of halogens is 5. The maximum atomic E-state index is 13.5. The molecule has 0 atom stereocenters. The van der Waals surface area contributed by atoms with Crippen LogP contribution >= 0.6 is 22.6 Å². The first-order valence-corrected chi connectivity index (χ1v) is 13.9. The van der Waals surface area contributed by atoms with E-state index in [1.165, 1.54) is 49.7 Å². The standard InChI is InChI=1S/C31H21F4IN4O4/c1-43-26-13-18(12-24(36)28(26)44-17-27(41)38-22-9-5-8-21(32)15-22)16-37-40-29(19-6-4-7-20(14-19)31(33,34)35)39-25-11-3-2-10-23(25)30(40)42/h2-16H,17H2,1H3,(H,38,41). The summed E-state index contributed by atoms with van der Waals surface area (Å²) in [6, 6.07) is 19.6. The Labute approximate surface area is 261 Å². The van der Waals surface area contributed by atoms with Crippen LogP contribution in [0.15, 0.2) is 94.8 Å². The highest BCUT2D eigenvalue weighted by atomic mass is 127. The molecule has 0 unspecified atom stereocenters. The SMILES string of the molecule is COc1cc(C=Nn2c(-c3cccc(C(F)(F)F)c3)nc3ccccc3c2=O)cc(I)c1OCC(=O)Nc1cccc(F)c1. The molecule has 1 N–H and O–H groups in total. The average Bonchev–Trinajstić information content (AvgIpc) is 2.99. The van der Waals surface area contributed by atoms with Crippen molar-refractivity contribution in [1.29, 1.82) is 0 Å². The fraction of sp³-hybridized carbons (Fsp3) is 0.0968. The molecule has 1 heterocycles. The second kappa shape index (κ2) is 12.8. The number of carbonyl (C=O) groups is 1. The van der Waals surface area contributed by atoms with Crippen LogP contribution in [0.25, 0.3) is 22.3 Å². The Balaban J connectivity index is 1.47. The lowest BCUT2D eigenvalue weighted by molar-refractivity contribution is -0.137. The lowest BCUT2D eigenvalue weighted by Gasteiger charge is -2.14. The van der Waals surface area contributed by atoms with E-state index in [-0.39, 0.29) is 34.0 Å². The summed E-state index contributed by atoms with van der Waals surface area (Å²) in [6.45, 7) is -0.394. The third-order valence-electron chi connectivity index (χ3n) is 6.23. The van der Waals surface area contributed by atoms with Crippen LogP contribution in [0.1, 0.15) is 11.1 Å². The first kappa shape index (κ1) is 30.7. The molecule has 0 bridgehead atoms. The molecule has 5 aromatic rings. The van der Waals surface area contributed by atoms with Crippen LogP contribution in [0.2, 0.25) is 0 Å². The number of anilines is 1. The van der Waals surface area contributed by atoms with Crippen molar-refractivity contribution >= 4 is 51.3 Å². The largest absolute Gasteiger partial charge is 0.493 e. The molecule has 0 radical (unpaired) electrons. The highest BCUT2D eigenvalue weighted by Crippen LogP contribution is 2.34. The Bertz CT molecular complexity index is 1960. The zero-order valence-electron chi connectivity index (χ0n) is 22.7. The maximum Gasteiger partial charge on any atom is 0.416 e. The number of hydrogen-bond donors (Lipinski definition) is 1. The number of fused-ring (bicyclic) bond motifs is 1. The zero-order chi connectivity index (χ0) is 31.4. The molecule has 13 heteroatoms. The Morgan fingerprint density at radius 1 is 1.05 bits per heavy atom. The van der Waals surface area contributed by atoms with E-state index < -0.39 is 35.6 Å². The van der Waals surface area contributed by atoms with E-state index >= 15 is 0 Å². The molecule has 8 nitrogen and oxygen atoms in total. The number of nitrogens with zero attached hydrogens (tertiary/aromatic N) is 3. The minimum atomic E-state index is -4.60. The Morgan fingerprint density at radius 2 is 1.82 bits per heavy atom. The molecule has 0 aliphatic heterocycles. The molecule has 0 aliphatic rings. The first-order chi connectivity index (χ1) is 21.0. The minimum Gasteiger partial charge on any atom is -0.493 e. The predicted octanol–water partition coefficient (Wildman–Crippen LogP) is 6.73. The van der Waals surface area contributed by atoms with Gasteiger partial charge in [0.15, 0.2) is 23.9 Å². The van der Waals surface area contributed by atoms with Gasteiger partial charge in [-0.1, -0.05) is 30.3 Å². The number of para-hydroxylation sites is 1. The fourth-order valence-corrected chi connectivity index (χ4v) is 5.01. The highest BCUT2D eigenvalue weighted by Gasteiger charge is 2.31. The number of amides is 1. The first-order valence-electron chi connectivity index (χ1n) is 12.8. The van der Waals surface area contributed by atoms with Crippen molar-refractivity contribution < 1.29 is 31.8 Å². The second-order valence-electron chi connectivity index (χ2n) is 9.27. The lowest BCUT2D eigenvalue weighted by Crippen LogP contribution is -2.21. The Morgan fingerprint density at radius 3 is 2.57 bits per heavy atom. The van der Waals surface area contributed by atoms with Gasteiger partial charge in [-0.15, -0.1) is 0 Å². The van der Waals surface area contributed by atoms with Gasteiger partial charge in [-0.2, -0.15) is 22.9 Å². The van der Waals surface area contributed by atoms with E-state index in [1.54, 1.807) is 36.4 Å². The third-order valence-corrected chi connectivity index (χ3v) is 7.03. The van der Waals surface area contributed by atoms with Crippen molar-refractivity contribution in [3.8, 4) is 22.9 Å². The molecule has 0 saturated heterocycles. The van der Waals surface area contributed by atoms with Crippen molar-refractivity contribution in [1.82, 2.24) is 9.66 Å². The molecule has 0 saturated carbocycles. The highest BCUT2D eigenvalue weighted by molar-refractivity contribution is 14.1. The summed E-state index contributed by atoms with van der Waals surface area (Å²) in [4.78, 5) is 30.3. The number of ether oxygens (including phenoxy) is 2. The quantitative estimate of drug-likeness (QED) is 0.109. The van der Waals surface area contributed by atoms with Crippen LogP contribution in [-0.4, -0.2) is 35.5 Å². The zero-order valence-corrected chi connectivity index (χ0v) is 24.9. The maximum absolute atomic E-state index is 13.5. The number of aromatic nitrogens is 2. The number of alkyl halides is 3. The molecule has 0 spiro atoms. The molecule has 0 aliphatic carbocycles. The second-order valence-corrected chi connectivity index (χ2v) is 10.4.